The van der Waals surface area contributed by atoms with Gasteiger partial charge in [0.1, 0.15) is 5.75 Å². The van der Waals surface area contributed by atoms with Gasteiger partial charge in [0.2, 0.25) is 11.8 Å². The molecule has 1 fully saturated rings. The molecule has 0 spiro atoms. The Bertz CT molecular complexity index is 1330. The van der Waals surface area contributed by atoms with E-state index in [0.717, 1.165) is 22.3 Å². The number of amides is 2. The van der Waals surface area contributed by atoms with Gasteiger partial charge in [-0.25, -0.2) is 4.90 Å². The molecule has 4 aliphatic rings. The molecular formula is C28H21Br2NO4. The second kappa shape index (κ2) is 7.61. The summed E-state index contributed by atoms with van der Waals surface area (Å²) >= 11 is 8.02. The maximum atomic E-state index is 14.3. The van der Waals surface area contributed by atoms with E-state index in [1.165, 1.54) is 11.8 Å². The van der Waals surface area contributed by atoms with Crippen molar-refractivity contribution in [2.24, 2.45) is 11.8 Å². The van der Waals surface area contributed by atoms with Crippen LogP contribution >= 0.6 is 31.9 Å². The summed E-state index contributed by atoms with van der Waals surface area (Å²) in [4.78, 5) is 41.9. The molecule has 1 aliphatic heterocycles. The maximum absolute atomic E-state index is 14.3. The van der Waals surface area contributed by atoms with E-state index in [2.05, 4.69) is 31.9 Å². The van der Waals surface area contributed by atoms with E-state index < -0.39 is 20.5 Å². The maximum Gasteiger partial charge on any atom is 0.240 e. The monoisotopic (exact) mass is 593 g/mol. The first kappa shape index (κ1) is 22.7. The molecule has 3 aromatic carbocycles. The minimum Gasteiger partial charge on any atom is -0.492 e. The van der Waals surface area contributed by atoms with E-state index in [1.807, 2.05) is 55.5 Å². The van der Waals surface area contributed by atoms with Crippen molar-refractivity contribution < 1.29 is 19.1 Å². The number of imide groups is 1. The van der Waals surface area contributed by atoms with Gasteiger partial charge in [0.25, 0.3) is 0 Å². The van der Waals surface area contributed by atoms with Crippen molar-refractivity contribution in [1.29, 1.82) is 0 Å². The summed E-state index contributed by atoms with van der Waals surface area (Å²) in [6.45, 7) is 3.66. The van der Waals surface area contributed by atoms with Crippen LogP contribution in [0.2, 0.25) is 0 Å². The van der Waals surface area contributed by atoms with Crippen LogP contribution in [0.3, 0.4) is 0 Å². The fourth-order valence-corrected chi connectivity index (χ4v) is 8.40. The lowest BCUT2D eigenvalue weighted by molar-refractivity contribution is -0.122. The number of hydrogen-bond acceptors (Lipinski definition) is 4. The van der Waals surface area contributed by atoms with Gasteiger partial charge in [-0.2, -0.15) is 0 Å². The van der Waals surface area contributed by atoms with Gasteiger partial charge in [-0.3, -0.25) is 14.4 Å². The van der Waals surface area contributed by atoms with Crippen molar-refractivity contribution in [2.45, 2.75) is 22.5 Å². The van der Waals surface area contributed by atoms with Crippen molar-refractivity contribution >= 4 is 55.1 Å². The number of alkyl halides is 2. The topological polar surface area (TPSA) is 63.7 Å². The lowest BCUT2D eigenvalue weighted by Gasteiger charge is -2.55. The molecule has 0 N–H and O–H groups in total. The second-order valence-electron chi connectivity index (χ2n) is 9.15. The number of ketones is 1. The minimum absolute atomic E-state index is 0.153. The molecule has 0 saturated carbocycles. The smallest absolute Gasteiger partial charge is 0.240 e. The molecule has 0 radical (unpaired) electrons. The van der Waals surface area contributed by atoms with Gasteiger partial charge in [0.05, 0.1) is 32.8 Å². The molecular weight excluding hydrogens is 574 g/mol. The number of nitrogens with zero attached hydrogens (tertiary/aromatic N) is 1. The molecule has 1 saturated heterocycles. The SMILES string of the molecule is CCOc1ccc(C(C)=O)cc1N1C(=O)[C@@H]2[C@H](C1=O)C1(Br)c3ccccc3C2(Br)c2ccccc21. The van der Waals surface area contributed by atoms with Crippen LogP contribution in [0.1, 0.15) is 46.5 Å². The predicted molar refractivity (Wildman–Crippen MR) is 139 cm³/mol. The molecule has 2 bridgehead atoms. The van der Waals surface area contributed by atoms with E-state index in [4.69, 9.17) is 4.74 Å². The summed E-state index contributed by atoms with van der Waals surface area (Å²) in [5, 5.41) is 0. The van der Waals surface area contributed by atoms with Gasteiger partial charge in [-0.1, -0.05) is 80.4 Å². The fourth-order valence-electron chi connectivity index (χ4n) is 6.09. The second-order valence-corrected chi connectivity index (χ2v) is 11.7. The van der Waals surface area contributed by atoms with Gasteiger partial charge in [-0.05, 0) is 54.3 Å². The summed E-state index contributed by atoms with van der Waals surface area (Å²) < 4.78 is 4.06. The Labute approximate surface area is 219 Å². The highest BCUT2D eigenvalue weighted by Crippen LogP contribution is 2.71. The molecule has 35 heavy (non-hydrogen) atoms. The van der Waals surface area contributed by atoms with Gasteiger partial charge in [-0.15, -0.1) is 0 Å². The summed E-state index contributed by atoms with van der Waals surface area (Å²) in [7, 11) is 0. The molecule has 176 valence electrons. The zero-order valence-corrected chi connectivity index (χ0v) is 22.2. The molecule has 2 atom stereocenters. The molecule has 2 amide bonds. The van der Waals surface area contributed by atoms with Gasteiger partial charge < -0.3 is 4.74 Å². The zero-order valence-electron chi connectivity index (χ0n) is 19.0. The van der Waals surface area contributed by atoms with E-state index in [0.29, 0.717) is 23.6 Å². The van der Waals surface area contributed by atoms with Crippen molar-refractivity contribution in [2.75, 3.05) is 11.5 Å². The number of halogens is 2. The van der Waals surface area contributed by atoms with Crippen LogP contribution in [0.15, 0.2) is 66.7 Å². The number of anilines is 1. The van der Waals surface area contributed by atoms with Crippen LogP contribution in [0.4, 0.5) is 5.69 Å². The normalized spacial score (nSPS) is 27.9. The van der Waals surface area contributed by atoms with Crippen LogP contribution in [0.25, 0.3) is 0 Å². The molecule has 3 aliphatic carbocycles. The Morgan fingerprint density at radius 3 is 1.71 bits per heavy atom. The van der Waals surface area contributed by atoms with Gasteiger partial charge >= 0.3 is 0 Å². The molecule has 1 heterocycles. The third-order valence-corrected chi connectivity index (χ3v) is 10.2. The van der Waals surface area contributed by atoms with Gasteiger partial charge in [0, 0.05) is 5.56 Å². The molecule has 3 aromatic rings. The van der Waals surface area contributed by atoms with Crippen LogP contribution in [-0.4, -0.2) is 24.2 Å². The first-order chi connectivity index (χ1) is 16.8. The van der Waals surface area contributed by atoms with Crippen LogP contribution < -0.4 is 9.64 Å². The van der Waals surface area contributed by atoms with E-state index in [1.54, 1.807) is 18.2 Å². The number of ether oxygens (including phenoxy) is 1. The highest BCUT2D eigenvalue weighted by molar-refractivity contribution is 9.10. The number of Topliss-reactive ketones (excluding diaryl/α,β-unsaturated/α-hetero) is 1. The highest BCUT2D eigenvalue weighted by atomic mass is 79.9. The highest BCUT2D eigenvalue weighted by Gasteiger charge is 2.72. The summed E-state index contributed by atoms with van der Waals surface area (Å²) in [5.41, 5.74) is 4.62. The van der Waals surface area contributed by atoms with E-state index in [9.17, 15) is 14.4 Å². The van der Waals surface area contributed by atoms with Crippen molar-refractivity contribution in [1.82, 2.24) is 0 Å². The average molecular weight is 595 g/mol. The Balaban J connectivity index is 1.62. The Hall–Kier alpha value is -2.77. The molecule has 7 heteroatoms. The Morgan fingerprint density at radius 1 is 0.857 bits per heavy atom. The number of rotatable bonds is 4. The van der Waals surface area contributed by atoms with E-state index in [-0.39, 0.29) is 17.6 Å². The first-order valence-corrected chi connectivity index (χ1v) is 13.1. The molecule has 0 unspecified atom stereocenters. The zero-order chi connectivity index (χ0) is 24.7. The molecule has 0 aromatic heterocycles. The van der Waals surface area contributed by atoms with Crippen LogP contribution in [0.5, 0.6) is 5.75 Å². The lowest BCUT2D eigenvalue weighted by Crippen LogP contribution is -2.56. The number of benzene rings is 3. The summed E-state index contributed by atoms with van der Waals surface area (Å²) in [6.07, 6.45) is 0. The number of carbonyl (C=O) groups excluding carboxylic acids is 3. The van der Waals surface area contributed by atoms with Crippen molar-refractivity contribution in [3.63, 3.8) is 0 Å². The van der Waals surface area contributed by atoms with Crippen LogP contribution in [-0.2, 0) is 18.2 Å². The predicted octanol–water partition coefficient (Wildman–Crippen LogP) is 5.70. The third kappa shape index (κ3) is 2.71. The largest absolute Gasteiger partial charge is 0.492 e. The lowest BCUT2D eigenvalue weighted by atomic mass is 9.54. The van der Waals surface area contributed by atoms with E-state index >= 15 is 0 Å². The summed E-state index contributed by atoms with van der Waals surface area (Å²) in [6, 6.07) is 20.8. The molecule has 5 nitrogen and oxygen atoms in total. The Morgan fingerprint density at radius 2 is 1.31 bits per heavy atom. The van der Waals surface area contributed by atoms with Crippen LogP contribution in [0, 0.1) is 11.8 Å². The first-order valence-electron chi connectivity index (χ1n) is 11.5. The van der Waals surface area contributed by atoms with Crippen molar-refractivity contribution in [3.8, 4) is 5.75 Å². The Kier molecular flexibility index (Phi) is 4.93. The quantitative estimate of drug-likeness (QED) is 0.221. The van der Waals surface area contributed by atoms with Gasteiger partial charge in [0.15, 0.2) is 5.78 Å². The summed E-state index contributed by atoms with van der Waals surface area (Å²) in [5.74, 6) is -1.76. The molecule has 7 rings (SSSR count). The minimum atomic E-state index is -0.869. The fraction of sp³-hybridized carbons (Fsp3) is 0.250. The number of hydrogen-bond donors (Lipinski definition) is 0. The third-order valence-electron chi connectivity index (χ3n) is 7.49. The average Bonchev–Trinajstić information content (AvgIpc) is 3.14. The number of carbonyl (C=O) groups is 3. The van der Waals surface area contributed by atoms with Crippen molar-refractivity contribution in [3.05, 3.63) is 94.5 Å². The standard InChI is InChI=1S/C28H21Br2NO4/c1-3-35-22-13-12-16(15(2)32)14-21(22)31-25(33)23-24(26(31)34)28(30)18-9-5-4-8-17(18)27(23,29)19-10-6-7-11-20(19)28/h4-14,23-24H,3H2,1-2H3/t23-,24+,27?,28?.